The summed E-state index contributed by atoms with van der Waals surface area (Å²) in [5.41, 5.74) is 10.3. The number of rotatable bonds is 6. The van der Waals surface area contributed by atoms with E-state index in [1.54, 1.807) is 6.07 Å². The van der Waals surface area contributed by atoms with Gasteiger partial charge in [-0.05, 0) is 56.5 Å². The van der Waals surface area contributed by atoms with Gasteiger partial charge in [0.2, 0.25) is 0 Å². The first-order valence-electron chi connectivity index (χ1n) is 7.56. The summed E-state index contributed by atoms with van der Waals surface area (Å²) in [5, 5.41) is 10.6. The smallest absolute Gasteiger partial charge is 0.337 e. The average Bonchev–Trinajstić information content (AvgIpc) is 2.69. The largest absolute Gasteiger partial charge is 0.478 e. The van der Waals surface area contributed by atoms with Crippen LogP contribution in [0.3, 0.4) is 0 Å². The third-order valence-electron chi connectivity index (χ3n) is 4.01. The molecule has 0 aliphatic heterocycles. The lowest BCUT2D eigenvalue weighted by Crippen LogP contribution is -2.09. The third kappa shape index (κ3) is 2.81. The maximum atomic E-state index is 11.6. The molecule has 0 atom stereocenters. The van der Waals surface area contributed by atoms with Gasteiger partial charge in [0.1, 0.15) is 0 Å². The van der Waals surface area contributed by atoms with Crippen LogP contribution in [0.1, 0.15) is 46.9 Å². The minimum atomic E-state index is -0.863. The fourth-order valence-corrected chi connectivity index (χ4v) is 3.08. The minimum Gasteiger partial charge on any atom is -0.478 e. The Hall–Kier alpha value is -1.81. The number of aromatic nitrogens is 1. The number of fused-ring (bicyclic) bond motifs is 1. The summed E-state index contributed by atoms with van der Waals surface area (Å²) in [4.78, 5) is 11.6. The molecule has 0 aliphatic rings. The molecule has 2 rings (SSSR count). The Kier molecular flexibility index (Phi) is 4.68. The number of hydrogen-bond donors (Lipinski definition) is 2. The molecular weight excluding hydrogens is 264 g/mol. The summed E-state index contributed by atoms with van der Waals surface area (Å²) in [7, 11) is 0. The molecule has 0 radical (unpaired) electrons. The van der Waals surface area contributed by atoms with E-state index in [0.717, 1.165) is 42.3 Å². The van der Waals surface area contributed by atoms with Crippen LogP contribution in [-0.2, 0) is 13.0 Å². The molecule has 0 fully saturated rings. The van der Waals surface area contributed by atoms with Crippen molar-refractivity contribution < 1.29 is 9.90 Å². The van der Waals surface area contributed by atoms with Gasteiger partial charge in [0.25, 0.3) is 0 Å². The maximum absolute atomic E-state index is 11.6. The summed E-state index contributed by atoms with van der Waals surface area (Å²) >= 11 is 0. The van der Waals surface area contributed by atoms with Crippen molar-refractivity contribution in [3.8, 4) is 0 Å². The first-order valence-corrected chi connectivity index (χ1v) is 7.56. The van der Waals surface area contributed by atoms with Gasteiger partial charge in [-0.3, -0.25) is 0 Å². The lowest BCUT2D eigenvalue weighted by Gasteiger charge is -2.10. The van der Waals surface area contributed by atoms with E-state index in [1.807, 2.05) is 6.92 Å². The fraction of sp³-hybridized carbons (Fsp3) is 0.471. The van der Waals surface area contributed by atoms with Crippen LogP contribution in [0.4, 0.5) is 0 Å². The number of aromatic carboxylic acids is 1. The van der Waals surface area contributed by atoms with E-state index in [1.165, 1.54) is 11.3 Å². The first-order chi connectivity index (χ1) is 10.0. The zero-order chi connectivity index (χ0) is 15.6. The molecule has 1 heterocycles. The summed E-state index contributed by atoms with van der Waals surface area (Å²) in [5.74, 6) is -0.863. The molecule has 0 aliphatic carbocycles. The van der Waals surface area contributed by atoms with Gasteiger partial charge < -0.3 is 15.4 Å². The molecule has 1 aromatic carbocycles. The first kappa shape index (κ1) is 15.6. The van der Waals surface area contributed by atoms with E-state index >= 15 is 0 Å². The van der Waals surface area contributed by atoms with Crippen LogP contribution in [0.25, 0.3) is 10.9 Å². The van der Waals surface area contributed by atoms with Crippen LogP contribution in [-0.4, -0.2) is 22.2 Å². The predicted octanol–water partition coefficient (Wildman–Crippen LogP) is 3.26. The van der Waals surface area contributed by atoms with Gasteiger partial charge >= 0.3 is 5.97 Å². The molecule has 0 unspecified atom stereocenters. The molecule has 0 saturated heterocycles. The monoisotopic (exact) mass is 288 g/mol. The number of hydrogen-bond acceptors (Lipinski definition) is 2. The van der Waals surface area contributed by atoms with Crippen LogP contribution < -0.4 is 5.73 Å². The topological polar surface area (TPSA) is 68.2 Å². The summed E-state index contributed by atoms with van der Waals surface area (Å²) in [6.45, 7) is 7.56. The predicted molar refractivity (Wildman–Crippen MR) is 86.0 cm³/mol. The summed E-state index contributed by atoms with van der Waals surface area (Å²) < 4.78 is 2.13. The van der Waals surface area contributed by atoms with Crippen molar-refractivity contribution in [2.45, 2.75) is 46.6 Å². The Morgan fingerprint density at radius 2 is 2.05 bits per heavy atom. The average molecular weight is 288 g/mol. The molecular formula is C17H24N2O2. The number of benzene rings is 1. The van der Waals surface area contributed by atoms with E-state index in [2.05, 4.69) is 24.5 Å². The van der Waals surface area contributed by atoms with Crippen LogP contribution in [0.15, 0.2) is 12.1 Å². The SMILES string of the molecule is CCCc1c(C)n(CCCN)c2c(C(=O)O)cc(C)cc12. The molecule has 2 aromatic rings. The quantitative estimate of drug-likeness (QED) is 0.857. The van der Waals surface area contributed by atoms with Crippen LogP contribution in [0, 0.1) is 13.8 Å². The Labute approximate surface area is 125 Å². The van der Waals surface area contributed by atoms with E-state index < -0.39 is 5.97 Å². The van der Waals surface area contributed by atoms with Crippen molar-refractivity contribution in [3.63, 3.8) is 0 Å². The van der Waals surface area contributed by atoms with Gasteiger partial charge in [-0.1, -0.05) is 13.3 Å². The second-order valence-corrected chi connectivity index (χ2v) is 5.62. The van der Waals surface area contributed by atoms with Crippen molar-refractivity contribution in [2.24, 2.45) is 5.73 Å². The van der Waals surface area contributed by atoms with Gasteiger partial charge in [-0.15, -0.1) is 0 Å². The molecule has 4 heteroatoms. The highest BCUT2D eigenvalue weighted by Gasteiger charge is 2.19. The van der Waals surface area contributed by atoms with Crippen molar-refractivity contribution in [1.29, 1.82) is 0 Å². The minimum absolute atomic E-state index is 0.396. The highest BCUT2D eigenvalue weighted by Crippen LogP contribution is 2.31. The van der Waals surface area contributed by atoms with E-state index in [0.29, 0.717) is 12.1 Å². The fourth-order valence-electron chi connectivity index (χ4n) is 3.08. The number of carboxylic acid groups (broad SMARTS) is 1. The number of nitrogens with two attached hydrogens (primary N) is 1. The summed E-state index contributed by atoms with van der Waals surface area (Å²) in [6, 6.07) is 3.87. The van der Waals surface area contributed by atoms with Crippen molar-refractivity contribution >= 4 is 16.9 Å². The van der Waals surface area contributed by atoms with Gasteiger partial charge in [-0.25, -0.2) is 4.79 Å². The molecule has 0 saturated carbocycles. The van der Waals surface area contributed by atoms with Crippen molar-refractivity contribution in [1.82, 2.24) is 4.57 Å². The van der Waals surface area contributed by atoms with E-state index in [-0.39, 0.29) is 0 Å². The Morgan fingerprint density at radius 1 is 1.33 bits per heavy atom. The molecule has 1 aromatic heterocycles. The van der Waals surface area contributed by atoms with Gasteiger partial charge in [0.15, 0.2) is 0 Å². The Bertz CT molecular complexity index is 671. The van der Waals surface area contributed by atoms with Crippen LogP contribution in [0.2, 0.25) is 0 Å². The second kappa shape index (κ2) is 6.31. The zero-order valence-corrected chi connectivity index (χ0v) is 13.1. The second-order valence-electron chi connectivity index (χ2n) is 5.62. The zero-order valence-electron chi connectivity index (χ0n) is 13.1. The third-order valence-corrected chi connectivity index (χ3v) is 4.01. The molecule has 0 bridgehead atoms. The lowest BCUT2D eigenvalue weighted by molar-refractivity contribution is 0.0698. The lowest BCUT2D eigenvalue weighted by atomic mass is 10.0. The maximum Gasteiger partial charge on any atom is 0.337 e. The Balaban J connectivity index is 2.80. The van der Waals surface area contributed by atoms with Crippen molar-refractivity contribution in [3.05, 3.63) is 34.5 Å². The highest BCUT2D eigenvalue weighted by molar-refractivity contribution is 6.04. The van der Waals surface area contributed by atoms with Gasteiger partial charge in [-0.2, -0.15) is 0 Å². The Morgan fingerprint density at radius 3 is 2.62 bits per heavy atom. The molecule has 4 nitrogen and oxygen atoms in total. The van der Waals surface area contributed by atoms with Gasteiger partial charge in [0, 0.05) is 17.6 Å². The number of nitrogens with zero attached hydrogens (tertiary/aromatic N) is 1. The highest BCUT2D eigenvalue weighted by atomic mass is 16.4. The van der Waals surface area contributed by atoms with Crippen molar-refractivity contribution in [2.75, 3.05) is 6.54 Å². The summed E-state index contributed by atoms with van der Waals surface area (Å²) in [6.07, 6.45) is 2.87. The molecule has 114 valence electrons. The van der Waals surface area contributed by atoms with Crippen LogP contribution in [0.5, 0.6) is 0 Å². The standard InChI is InChI=1S/C17H24N2O2/c1-4-6-13-12(3)19(8-5-7-18)16-14(13)9-11(2)10-15(16)17(20)21/h9-10H,4-8,18H2,1-3H3,(H,20,21). The molecule has 21 heavy (non-hydrogen) atoms. The van der Waals surface area contributed by atoms with Crippen LogP contribution >= 0.6 is 0 Å². The number of carbonyl (C=O) groups is 1. The van der Waals surface area contributed by atoms with E-state index in [9.17, 15) is 9.90 Å². The molecule has 0 amide bonds. The molecule has 3 N–H and O–H groups in total. The van der Waals surface area contributed by atoms with Gasteiger partial charge in [0.05, 0.1) is 11.1 Å². The molecule has 0 spiro atoms. The number of aryl methyl sites for hydroxylation is 3. The normalized spacial score (nSPS) is 11.2. The van der Waals surface area contributed by atoms with E-state index in [4.69, 9.17) is 5.73 Å². The number of carboxylic acids is 1.